The first-order chi connectivity index (χ1) is 9.65. The quantitative estimate of drug-likeness (QED) is 0.885. The molecule has 1 saturated heterocycles. The molecular weight excluding hydrogens is 263 g/mol. The van der Waals surface area contributed by atoms with Crippen LogP contribution in [0.3, 0.4) is 0 Å². The van der Waals surface area contributed by atoms with E-state index in [-0.39, 0.29) is 16.9 Å². The molecule has 0 aliphatic carbocycles. The molecular formula is C18H29FN2. The number of hydrogen-bond acceptors (Lipinski definition) is 2. The molecule has 21 heavy (non-hydrogen) atoms. The first kappa shape index (κ1) is 16.4. The lowest BCUT2D eigenvalue weighted by molar-refractivity contribution is 0.141. The highest BCUT2D eigenvalue weighted by Crippen LogP contribution is 2.28. The maximum absolute atomic E-state index is 12.9. The van der Waals surface area contributed by atoms with Crippen molar-refractivity contribution in [3.63, 3.8) is 0 Å². The number of nitrogens with one attached hydrogen (secondary N) is 2. The van der Waals surface area contributed by atoms with Crippen LogP contribution >= 0.6 is 0 Å². The molecule has 0 bridgehead atoms. The van der Waals surface area contributed by atoms with E-state index in [2.05, 4.69) is 45.3 Å². The molecule has 0 amide bonds. The van der Waals surface area contributed by atoms with E-state index in [1.165, 1.54) is 5.56 Å². The second-order valence-electron chi connectivity index (χ2n) is 7.90. The standard InChI is InChI=1S/C18H29FN2/c1-13(10-14-6-8-15(19)9-7-14)20-16-11-17(2,3)21-18(4,5)12-16/h6-9,13,16,20-21H,10-12H2,1-5H3. The lowest BCUT2D eigenvalue weighted by atomic mass is 9.79. The minimum Gasteiger partial charge on any atom is -0.311 e. The number of piperidine rings is 1. The highest BCUT2D eigenvalue weighted by molar-refractivity contribution is 5.17. The smallest absolute Gasteiger partial charge is 0.123 e. The van der Waals surface area contributed by atoms with Crippen molar-refractivity contribution in [3.05, 3.63) is 35.6 Å². The van der Waals surface area contributed by atoms with Crippen molar-refractivity contribution >= 4 is 0 Å². The molecule has 1 aliphatic rings. The van der Waals surface area contributed by atoms with Crippen LogP contribution < -0.4 is 10.6 Å². The molecule has 0 saturated carbocycles. The largest absolute Gasteiger partial charge is 0.311 e. The van der Waals surface area contributed by atoms with Gasteiger partial charge in [-0.1, -0.05) is 12.1 Å². The van der Waals surface area contributed by atoms with E-state index in [9.17, 15) is 4.39 Å². The molecule has 1 aromatic rings. The molecule has 1 fully saturated rings. The van der Waals surface area contributed by atoms with E-state index in [1.54, 1.807) is 12.1 Å². The molecule has 1 heterocycles. The zero-order valence-corrected chi connectivity index (χ0v) is 14.0. The molecule has 1 aromatic carbocycles. The fourth-order valence-electron chi connectivity index (χ4n) is 3.88. The van der Waals surface area contributed by atoms with Gasteiger partial charge in [0.25, 0.3) is 0 Å². The molecule has 1 unspecified atom stereocenters. The summed E-state index contributed by atoms with van der Waals surface area (Å²) >= 11 is 0. The van der Waals surface area contributed by atoms with Crippen molar-refractivity contribution in [2.24, 2.45) is 0 Å². The van der Waals surface area contributed by atoms with Gasteiger partial charge in [0.05, 0.1) is 0 Å². The summed E-state index contributed by atoms with van der Waals surface area (Å²) in [5.74, 6) is -0.166. The maximum Gasteiger partial charge on any atom is 0.123 e. The average Bonchev–Trinajstić information content (AvgIpc) is 2.27. The molecule has 0 spiro atoms. The lowest BCUT2D eigenvalue weighted by Gasteiger charge is -2.47. The van der Waals surface area contributed by atoms with E-state index in [4.69, 9.17) is 0 Å². The molecule has 0 aromatic heterocycles. The number of benzene rings is 1. The van der Waals surface area contributed by atoms with Crippen LogP contribution in [-0.2, 0) is 6.42 Å². The summed E-state index contributed by atoms with van der Waals surface area (Å²) in [6, 6.07) is 7.75. The van der Waals surface area contributed by atoms with Gasteiger partial charge in [0.15, 0.2) is 0 Å². The van der Waals surface area contributed by atoms with Gasteiger partial charge < -0.3 is 10.6 Å². The van der Waals surface area contributed by atoms with Crippen LogP contribution in [0, 0.1) is 5.82 Å². The van der Waals surface area contributed by atoms with E-state index in [0.717, 1.165) is 19.3 Å². The second kappa shape index (κ2) is 6.05. The Balaban J connectivity index is 1.92. The topological polar surface area (TPSA) is 24.1 Å². The molecule has 2 N–H and O–H groups in total. The number of halogens is 1. The Kier molecular flexibility index (Phi) is 4.74. The molecule has 2 nitrogen and oxygen atoms in total. The van der Waals surface area contributed by atoms with Crippen molar-refractivity contribution in [2.75, 3.05) is 0 Å². The Hall–Kier alpha value is -0.930. The van der Waals surface area contributed by atoms with Gasteiger partial charge in [0.1, 0.15) is 5.82 Å². The Labute approximate surface area is 128 Å². The average molecular weight is 292 g/mol. The summed E-state index contributed by atoms with van der Waals surface area (Å²) in [6.45, 7) is 11.3. The molecule has 2 rings (SSSR count). The van der Waals surface area contributed by atoms with Crippen molar-refractivity contribution in [1.29, 1.82) is 0 Å². The molecule has 1 atom stereocenters. The highest BCUT2D eigenvalue weighted by Gasteiger charge is 2.37. The summed E-state index contributed by atoms with van der Waals surface area (Å²) in [5, 5.41) is 7.47. The highest BCUT2D eigenvalue weighted by atomic mass is 19.1. The van der Waals surface area contributed by atoms with E-state index < -0.39 is 0 Å². The predicted molar refractivity (Wildman–Crippen MR) is 87.0 cm³/mol. The number of rotatable bonds is 4. The Morgan fingerprint density at radius 3 is 2.19 bits per heavy atom. The van der Waals surface area contributed by atoms with Gasteiger partial charge in [-0.15, -0.1) is 0 Å². The van der Waals surface area contributed by atoms with Crippen molar-refractivity contribution < 1.29 is 4.39 Å². The first-order valence-corrected chi connectivity index (χ1v) is 7.95. The zero-order valence-electron chi connectivity index (χ0n) is 14.0. The minimum atomic E-state index is -0.166. The number of hydrogen-bond donors (Lipinski definition) is 2. The van der Waals surface area contributed by atoms with Crippen molar-refractivity contribution in [1.82, 2.24) is 10.6 Å². The van der Waals surface area contributed by atoms with Crippen molar-refractivity contribution in [2.45, 2.75) is 77.0 Å². The van der Waals surface area contributed by atoms with Gasteiger partial charge >= 0.3 is 0 Å². The van der Waals surface area contributed by atoms with Crippen LogP contribution in [0.1, 0.15) is 53.0 Å². The van der Waals surface area contributed by atoms with Crippen LogP contribution in [-0.4, -0.2) is 23.2 Å². The van der Waals surface area contributed by atoms with Crippen LogP contribution in [0.5, 0.6) is 0 Å². The van der Waals surface area contributed by atoms with Gasteiger partial charge in [0.2, 0.25) is 0 Å². The van der Waals surface area contributed by atoms with Crippen molar-refractivity contribution in [3.8, 4) is 0 Å². The van der Waals surface area contributed by atoms with E-state index in [0.29, 0.717) is 12.1 Å². The molecule has 118 valence electrons. The normalized spacial score (nSPS) is 23.0. The van der Waals surface area contributed by atoms with Gasteiger partial charge in [-0.3, -0.25) is 0 Å². The van der Waals surface area contributed by atoms with Gasteiger partial charge in [-0.25, -0.2) is 4.39 Å². The van der Waals surface area contributed by atoms with Gasteiger partial charge in [0, 0.05) is 23.2 Å². The Morgan fingerprint density at radius 2 is 1.67 bits per heavy atom. The Morgan fingerprint density at radius 1 is 1.14 bits per heavy atom. The fraction of sp³-hybridized carbons (Fsp3) is 0.667. The van der Waals surface area contributed by atoms with Crippen LogP contribution in [0.2, 0.25) is 0 Å². The first-order valence-electron chi connectivity index (χ1n) is 7.95. The maximum atomic E-state index is 12.9. The zero-order chi connectivity index (χ0) is 15.7. The second-order valence-corrected chi connectivity index (χ2v) is 7.90. The molecule has 3 heteroatoms. The van der Waals surface area contributed by atoms with Gasteiger partial charge in [-0.05, 0) is 71.6 Å². The monoisotopic (exact) mass is 292 g/mol. The third kappa shape index (κ3) is 5.08. The summed E-state index contributed by atoms with van der Waals surface area (Å²) in [5.41, 5.74) is 1.51. The van der Waals surface area contributed by atoms with E-state index >= 15 is 0 Å². The SMILES string of the molecule is CC(Cc1ccc(F)cc1)NC1CC(C)(C)NC(C)(C)C1. The van der Waals surface area contributed by atoms with Gasteiger partial charge in [-0.2, -0.15) is 0 Å². The summed E-state index contributed by atoms with van der Waals surface area (Å²) in [6.07, 6.45) is 3.19. The minimum absolute atomic E-state index is 0.162. The summed E-state index contributed by atoms with van der Waals surface area (Å²) in [4.78, 5) is 0. The fourth-order valence-corrected chi connectivity index (χ4v) is 3.88. The summed E-state index contributed by atoms with van der Waals surface area (Å²) in [7, 11) is 0. The van der Waals surface area contributed by atoms with Crippen LogP contribution in [0.15, 0.2) is 24.3 Å². The third-order valence-corrected chi connectivity index (χ3v) is 4.17. The Bertz CT molecular complexity index is 449. The third-order valence-electron chi connectivity index (χ3n) is 4.17. The van der Waals surface area contributed by atoms with Crippen LogP contribution in [0.4, 0.5) is 4.39 Å². The predicted octanol–water partition coefficient (Wildman–Crippen LogP) is 3.66. The summed E-state index contributed by atoms with van der Waals surface area (Å²) < 4.78 is 12.9. The van der Waals surface area contributed by atoms with Crippen LogP contribution in [0.25, 0.3) is 0 Å². The molecule has 1 aliphatic heterocycles. The molecule has 0 radical (unpaired) electrons. The lowest BCUT2D eigenvalue weighted by Crippen LogP contribution is -2.62. The van der Waals surface area contributed by atoms with E-state index in [1.807, 2.05) is 12.1 Å².